The zero-order valence-electron chi connectivity index (χ0n) is 16.0. The first-order valence-corrected chi connectivity index (χ1v) is 10.1. The molecular formula is C22H20F2N4S. The van der Waals surface area contributed by atoms with Crippen molar-refractivity contribution in [2.45, 2.75) is 31.1 Å². The molecule has 0 fully saturated rings. The van der Waals surface area contributed by atoms with E-state index in [2.05, 4.69) is 40.8 Å². The molecule has 1 N–H and O–H groups in total. The molecule has 0 amide bonds. The molecule has 0 aliphatic heterocycles. The molecule has 0 radical (unpaired) electrons. The maximum absolute atomic E-state index is 13.4. The van der Waals surface area contributed by atoms with Crippen molar-refractivity contribution in [2.75, 3.05) is 4.72 Å². The van der Waals surface area contributed by atoms with Gasteiger partial charge in [-0.1, -0.05) is 32.0 Å². The number of hydrogen-bond donors (Lipinski definition) is 1. The molecule has 0 aliphatic rings. The van der Waals surface area contributed by atoms with Crippen LogP contribution in [0.4, 0.5) is 14.6 Å². The molecule has 0 saturated carbocycles. The highest BCUT2D eigenvalue weighted by Crippen LogP contribution is 2.30. The van der Waals surface area contributed by atoms with Gasteiger partial charge in [0.25, 0.3) is 6.43 Å². The normalized spacial score (nSPS) is 11.5. The standard InChI is InChI=1S/C22H20F2N4S/c1-14(2)15-8-10-16(11-9-15)29-27-21-13-19(22(23)24)26-28(21)20-7-3-6-18-17(20)5-4-12-25-18/h3-14,22,27H,1-2H3. The highest BCUT2D eigenvalue weighted by Gasteiger charge is 2.18. The molecule has 0 aliphatic carbocycles. The second-order valence-electron chi connectivity index (χ2n) is 6.94. The van der Waals surface area contributed by atoms with Gasteiger partial charge < -0.3 is 4.72 Å². The van der Waals surface area contributed by atoms with Crippen LogP contribution in [0.15, 0.2) is 71.8 Å². The second kappa shape index (κ2) is 8.21. The van der Waals surface area contributed by atoms with Gasteiger partial charge in [0.05, 0.1) is 11.2 Å². The van der Waals surface area contributed by atoms with Crippen LogP contribution in [0.2, 0.25) is 0 Å². The number of benzene rings is 2. The number of fused-ring (bicyclic) bond motifs is 1. The first-order chi connectivity index (χ1) is 14.0. The molecule has 4 nitrogen and oxygen atoms in total. The van der Waals surface area contributed by atoms with Crippen molar-refractivity contribution >= 4 is 28.7 Å². The van der Waals surface area contributed by atoms with Gasteiger partial charge in [-0.2, -0.15) is 5.10 Å². The molecule has 2 heterocycles. The van der Waals surface area contributed by atoms with Crippen molar-refractivity contribution in [3.63, 3.8) is 0 Å². The van der Waals surface area contributed by atoms with Crippen LogP contribution in [0.25, 0.3) is 16.6 Å². The first-order valence-electron chi connectivity index (χ1n) is 9.28. The summed E-state index contributed by atoms with van der Waals surface area (Å²) in [6.07, 6.45) is -0.949. The summed E-state index contributed by atoms with van der Waals surface area (Å²) in [7, 11) is 0. The van der Waals surface area contributed by atoms with Gasteiger partial charge in [0.15, 0.2) is 0 Å². The summed E-state index contributed by atoms with van der Waals surface area (Å²) in [5.74, 6) is 0.937. The SMILES string of the molecule is CC(C)c1ccc(SNc2cc(C(F)F)nn2-c2cccc3ncccc23)cc1. The number of rotatable bonds is 6. The number of hydrogen-bond acceptors (Lipinski definition) is 4. The smallest absolute Gasteiger partial charge is 0.282 e. The molecular weight excluding hydrogens is 390 g/mol. The van der Waals surface area contributed by atoms with Crippen molar-refractivity contribution < 1.29 is 8.78 Å². The molecule has 2 aromatic carbocycles. The van der Waals surface area contributed by atoms with E-state index in [1.165, 1.54) is 28.3 Å². The molecule has 0 saturated heterocycles. The Kier molecular flexibility index (Phi) is 5.49. The minimum atomic E-state index is -2.65. The van der Waals surface area contributed by atoms with E-state index in [-0.39, 0.29) is 5.69 Å². The van der Waals surface area contributed by atoms with Gasteiger partial charge in [-0.05, 0) is 59.8 Å². The molecule has 2 aromatic heterocycles. The average molecular weight is 410 g/mol. The zero-order valence-corrected chi connectivity index (χ0v) is 16.8. The summed E-state index contributed by atoms with van der Waals surface area (Å²) in [4.78, 5) is 5.33. The van der Waals surface area contributed by atoms with E-state index < -0.39 is 6.43 Å². The lowest BCUT2D eigenvalue weighted by molar-refractivity contribution is 0.145. The number of pyridine rings is 1. The van der Waals surface area contributed by atoms with E-state index in [0.717, 1.165) is 15.8 Å². The molecule has 29 heavy (non-hydrogen) atoms. The van der Waals surface area contributed by atoms with E-state index in [1.54, 1.807) is 6.20 Å². The van der Waals surface area contributed by atoms with Crippen LogP contribution in [0.5, 0.6) is 0 Å². The Morgan fingerprint density at radius 3 is 2.52 bits per heavy atom. The van der Waals surface area contributed by atoms with E-state index in [4.69, 9.17) is 0 Å². The van der Waals surface area contributed by atoms with Crippen LogP contribution in [-0.4, -0.2) is 14.8 Å². The molecule has 7 heteroatoms. The van der Waals surface area contributed by atoms with Crippen LogP contribution in [-0.2, 0) is 0 Å². The minimum Gasteiger partial charge on any atom is -0.310 e. The largest absolute Gasteiger partial charge is 0.310 e. The molecule has 4 rings (SSSR count). The Labute approximate surface area is 172 Å². The summed E-state index contributed by atoms with van der Waals surface area (Å²) in [5.41, 5.74) is 2.45. The summed E-state index contributed by atoms with van der Waals surface area (Å²) < 4.78 is 31.4. The molecule has 4 aromatic rings. The fourth-order valence-electron chi connectivity index (χ4n) is 3.07. The Morgan fingerprint density at radius 1 is 1.00 bits per heavy atom. The molecule has 0 unspecified atom stereocenters. The lowest BCUT2D eigenvalue weighted by Crippen LogP contribution is -2.03. The van der Waals surface area contributed by atoms with Gasteiger partial charge in [-0.3, -0.25) is 4.98 Å². The highest BCUT2D eigenvalue weighted by atomic mass is 32.2. The fourth-order valence-corrected chi connectivity index (χ4v) is 3.71. The van der Waals surface area contributed by atoms with Crippen molar-refractivity contribution in [2.24, 2.45) is 0 Å². The number of alkyl halides is 2. The predicted octanol–water partition coefficient (Wildman–Crippen LogP) is 6.60. The molecule has 0 spiro atoms. The second-order valence-corrected chi connectivity index (χ2v) is 7.82. The lowest BCUT2D eigenvalue weighted by atomic mass is 10.0. The zero-order chi connectivity index (χ0) is 20.4. The lowest BCUT2D eigenvalue weighted by Gasteiger charge is -2.12. The van der Waals surface area contributed by atoms with Gasteiger partial charge in [0, 0.05) is 22.5 Å². The first kappa shape index (κ1) is 19.4. The number of nitrogens with one attached hydrogen (secondary N) is 1. The Balaban J connectivity index is 1.68. The van der Waals surface area contributed by atoms with Crippen molar-refractivity contribution in [3.8, 4) is 5.69 Å². The maximum atomic E-state index is 13.4. The third-order valence-corrected chi connectivity index (χ3v) is 5.44. The fraction of sp³-hybridized carbons (Fsp3) is 0.182. The van der Waals surface area contributed by atoms with Crippen molar-refractivity contribution in [1.82, 2.24) is 14.8 Å². The van der Waals surface area contributed by atoms with E-state index >= 15 is 0 Å². The van der Waals surface area contributed by atoms with E-state index in [0.29, 0.717) is 17.4 Å². The van der Waals surface area contributed by atoms with Crippen molar-refractivity contribution in [3.05, 3.63) is 78.1 Å². The third-order valence-electron chi connectivity index (χ3n) is 4.62. The summed E-state index contributed by atoms with van der Waals surface area (Å²) in [6.45, 7) is 4.29. The van der Waals surface area contributed by atoms with E-state index in [1.807, 2.05) is 42.5 Å². The monoisotopic (exact) mass is 410 g/mol. The van der Waals surface area contributed by atoms with Crippen LogP contribution >= 0.6 is 11.9 Å². The minimum absolute atomic E-state index is 0.274. The molecule has 0 atom stereocenters. The topological polar surface area (TPSA) is 42.7 Å². The average Bonchev–Trinajstić information content (AvgIpc) is 3.16. The van der Waals surface area contributed by atoms with Crippen LogP contribution in [0.3, 0.4) is 0 Å². The summed E-state index contributed by atoms with van der Waals surface area (Å²) >= 11 is 1.36. The Bertz CT molecular complexity index is 1120. The molecule has 0 bridgehead atoms. The quantitative estimate of drug-likeness (QED) is 0.364. The van der Waals surface area contributed by atoms with E-state index in [9.17, 15) is 8.78 Å². The maximum Gasteiger partial charge on any atom is 0.282 e. The van der Waals surface area contributed by atoms with Gasteiger partial charge >= 0.3 is 0 Å². The third kappa shape index (κ3) is 4.10. The number of halogens is 2. The van der Waals surface area contributed by atoms with Gasteiger partial charge in [-0.25, -0.2) is 13.5 Å². The number of nitrogens with zero attached hydrogens (tertiary/aromatic N) is 3. The van der Waals surface area contributed by atoms with Crippen LogP contribution in [0.1, 0.15) is 37.4 Å². The van der Waals surface area contributed by atoms with Crippen LogP contribution in [0, 0.1) is 0 Å². The highest BCUT2D eigenvalue weighted by molar-refractivity contribution is 8.00. The van der Waals surface area contributed by atoms with Crippen molar-refractivity contribution in [1.29, 1.82) is 0 Å². The van der Waals surface area contributed by atoms with Crippen LogP contribution < -0.4 is 4.72 Å². The summed E-state index contributed by atoms with van der Waals surface area (Å²) in [6, 6.07) is 18.9. The van der Waals surface area contributed by atoms with Gasteiger partial charge in [-0.15, -0.1) is 0 Å². The molecule has 148 valence electrons. The number of aromatic nitrogens is 3. The Morgan fingerprint density at radius 2 is 1.79 bits per heavy atom. The predicted molar refractivity (Wildman–Crippen MR) is 114 cm³/mol. The Hall–Kier alpha value is -2.93. The summed E-state index contributed by atoms with van der Waals surface area (Å²) in [5, 5.41) is 4.98. The number of anilines is 1. The van der Waals surface area contributed by atoms with Gasteiger partial charge in [0.2, 0.25) is 0 Å². The van der Waals surface area contributed by atoms with Gasteiger partial charge in [0.1, 0.15) is 11.5 Å².